The van der Waals surface area contributed by atoms with Gasteiger partial charge in [0.15, 0.2) is 0 Å². The second-order valence-electron chi connectivity index (χ2n) is 12.7. The molecule has 37 heavy (non-hydrogen) atoms. The third-order valence-corrected chi connectivity index (χ3v) is 10.3. The molecular weight excluding hydrogens is 446 g/mol. The highest BCUT2D eigenvalue weighted by Gasteiger charge is 2.41. The summed E-state index contributed by atoms with van der Waals surface area (Å²) in [6.45, 7) is 10.5. The predicted molar refractivity (Wildman–Crippen MR) is 164 cm³/mol. The van der Waals surface area contributed by atoms with Crippen LogP contribution in [0.1, 0.15) is 134 Å². The molecule has 2 saturated carbocycles. The molecule has 0 aliphatic heterocycles. The molecule has 0 saturated heterocycles. The molecule has 1 nitrogen and oxygen atoms in total. The first kappa shape index (κ1) is 28.3. The summed E-state index contributed by atoms with van der Waals surface area (Å²) in [5, 5.41) is 3.53. The van der Waals surface area contributed by atoms with E-state index in [1.807, 2.05) is 0 Å². The first-order valence-electron chi connectivity index (χ1n) is 16.0. The lowest BCUT2D eigenvalue weighted by Gasteiger charge is -2.47. The van der Waals surface area contributed by atoms with Gasteiger partial charge in [-0.3, -0.25) is 0 Å². The Labute approximate surface area is 229 Å². The zero-order valence-corrected chi connectivity index (χ0v) is 24.6. The van der Waals surface area contributed by atoms with Crippen LogP contribution in [0, 0.1) is 24.2 Å². The quantitative estimate of drug-likeness (QED) is 0.285. The molecule has 0 amide bonds. The number of rotatable bonds is 12. The second-order valence-corrected chi connectivity index (χ2v) is 12.7. The van der Waals surface area contributed by atoms with Gasteiger partial charge in [0.25, 0.3) is 0 Å². The number of hydrogen-bond donors (Lipinski definition) is 1. The Bertz CT molecular complexity index is 928. The van der Waals surface area contributed by atoms with Gasteiger partial charge < -0.3 is 5.32 Å². The third-order valence-electron chi connectivity index (χ3n) is 10.3. The Morgan fingerprint density at radius 1 is 0.811 bits per heavy atom. The smallest absolute Gasteiger partial charge is 0.0340 e. The number of aryl methyl sites for hydroxylation is 1. The molecule has 1 heteroatoms. The number of unbranched alkanes of at least 4 members (excludes halogenated alkanes) is 3. The van der Waals surface area contributed by atoms with Crippen molar-refractivity contribution >= 4 is 5.69 Å². The van der Waals surface area contributed by atoms with E-state index in [9.17, 15) is 0 Å². The van der Waals surface area contributed by atoms with Gasteiger partial charge in [0, 0.05) is 12.2 Å². The molecule has 1 atom stereocenters. The maximum atomic E-state index is 3.53. The van der Waals surface area contributed by atoms with Crippen molar-refractivity contribution in [3.63, 3.8) is 0 Å². The average molecular weight is 502 g/mol. The maximum Gasteiger partial charge on any atom is 0.0340 e. The van der Waals surface area contributed by atoms with Crippen molar-refractivity contribution in [2.75, 3.05) is 11.9 Å². The van der Waals surface area contributed by atoms with Gasteiger partial charge in [-0.05, 0) is 116 Å². The summed E-state index contributed by atoms with van der Waals surface area (Å²) in [7, 11) is 0. The van der Waals surface area contributed by atoms with Crippen molar-refractivity contribution < 1.29 is 0 Å². The Kier molecular flexibility index (Phi) is 10.6. The minimum absolute atomic E-state index is 0.669. The molecule has 4 rings (SSSR count). The molecule has 2 fully saturated rings. The van der Waals surface area contributed by atoms with E-state index < -0.39 is 0 Å². The number of hydrogen-bond acceptors (Lipinski definition) is 1. The van der Waals surface area contributed by atoms with Crippen LogP contribution in [0.25, 0.3) is 11.1 Å². The fourth-order valence-corrected chi connectivity index (χ4v) is 7.89. The normalized spacial score (nSPS) is 22.5. The molecule has 2 aliphatic rings. The molecular formula is C36H55N. The minimum Gasteiger partial charge on any atom is -0.385 e. The van der Waals surface area contributed by atoms with Crippen LogP contribution in [0.3, 0.4) is 0 Å². The molecule has 1 N–H and O–H groups in total. The SMILES string of the molecule is CCCCCC1(C2CCC(C(C)c3ccc(-c4ccc(NCCCC)cc4)cc3C)CC2)CCCCC1. The van der Waals surface area contributed by atoms with Crippen LogP contribution in [0.15, 0.2) is 42.5 Å². The van der Waals surface area contributed by atoms with Crippen molar-refractivity contribution in [3.05, 3.63) is 53.6 Å². The van der Waals surface area contributed by atoms with Crippen LogP contribution in [0.4, 0.5) is 5.69 Å². The first-order valence-corrected chi connectivity index (χ1v) is 16.0. The Balaban J connectivity index is 1.36. The van der Waals surface area contributed by atoms with Gasteiger partial charge in [-0.25, -0.2) is 0 Å². The lowest BCUT2D eigenvalue weighted by Crippen LogP contribution is -2.36. The van der Waals surface area contributed by atoms with Crippen molar-refractivity contribution in [2.45, 2.75) is 130 Å². The van der Waals surface area contributed by atoms with E-state index in [2.05, 4.69) is 75.5 Å². The largest absolute Gasteiger partial charge is 0.385 e. The van der Waals surface area contributed by atoms with E-state index in [1.165, 1.54) is 119 Å². The number of anilines is 1. The second kappa shape index (κ2) is 13.9. The standard InChI is InChI=1S/C36H55N/c1-5-7-10-23-36(24-11-9-12-25-36)33-18-13-30(14-19-33)29(4)35-22-17-32(27-28(35)3)31-15-20-34(21-16-31)37-26-8-6-2/h15-17,20-22,27,29-30,33,37H,5-14,18-19,23-26H2,1-4H3. The number of benzene rings is 2. The Morgan fingerprint density at radius 2 is 1.49 bits per heavy atom. The molecule has 0 bridgehead atoms. The Morgan fingerprint density at radius 3 is 2.14 bits per heavy atom. The van der Waals surface area contributed by atoms with Crippen LogP contribution < -0.4 is 5.32 Å². The highest BCUT2D eigenvalue weighted by molar-refractivity contribution is 5.67. The van der Waals surface area contributed by atoms with E-state index in [0.717, 1.165) is 18.4 Å². The van der Waals surface area contributed by atoms with Crippen molar-refractivity contribution in [3.8, 4) is 11.1 Å². The summed E-state index contributed by atoms with van der Waals surface area (Å²) in [6, 6.07) is 16.3. The zero-order chi connectivity index (χ0) is 26.1. The van der Waals surface area contributed by atoms with E-state index in [-0.39, 0.29) is 0 Å². The lowest BCUT2D eigenvalue weighted by molar-refractivity contribution is 0.0409. The fraction of sp³-hybridized carbons (Fsp3) is 0.667. The van der Waals surface area contributed by atoms with Gasteiger partial charge >= 0.3 is 0 Å². The summed E-state index contributed by atoms with van der Waals surface area (Å²) in [6.07, 6.45) is 21.6. The summed E-state index contributed by atoms with van der Waals surface area (Å²) < 4.78 is 0. The van der Waals surface area contributed by atoms with Crippen LogP contribution >= 0.6 is 0 Å². The summed E-state index contributed by atoms with van der Waals surface area (Å²) in [4.78, 5) is 0. The topological polar surface area (TPSA) is 12.0 Å². The molecule has 0 heterocycles. The van der Waals surface area contributed by atoms with Gasteiger partial charge in [0.2, 0.25) is 0 Å². The van der Waals surface area contributed by atoms with E-state index in [1.54, 1.807) is 5.56 Å². The molecule has 2 aromatic carbocycles. The predicted octanol–water partition coefficient (Wildman–Crippen LogP) is 11.3. The van der Waals surface area contributed by atoms with Gasteiger partial charge in [0.1, 0.15) is 0 Å². The zero-order valence-electron chi connectivity index (χ0n) is 24.6. The van der Waals surface area contributed by atoms with E-state index in [0.29, 0.717) is 11.3 Å². The molecule has 2 aliphatic carbocycles. The van der Waals surface area contributed by atoms with Gasteiger partial charge in [-0.15, -0.1) is 0 Å². The van der Waals surface area contributed by atoms with Crippen molar-refractivity contribution in [2.24, 2.45) is 17.3 Å². The number of nitrogens with one attached hydrogen (secondary N) is 1. The highest BCUT2D eigenvalue weighted by Crippen LogP contribution is 2.53. The van der Waals surface area contributed by atoms with Gasteiger partial charge in [-0.1, -0.05) is 96.0 Å². The summed E-state index contributed by atoms with van der Waals surface area (Å²) in [5.41, 5.74) is 7.66. The maximum absolute atomic E-state index is 3.53. The van der Waals surface area contributed by atoms with Crippen LogP contribution in [-0.4, -0.2) is 6.54 Å². The van der Waals surface area contributed by atoms with Crippen molar-refractivity contribution in [1.29, 1.82) is 0 Å². The fourth-order valence-electron chi connectivity index (χ4n) is 7.89. The average Bonchev–Trinajstić information content (AvgIpc) is 2.94. The van der Waals surface area contributed by atoms with Crippen LogP contribution in [-0.2, 0) is 0 Å². The van der Waals surface area contributed by atoms with Crippen molar-refractivity contribution in [1.82, 2.24) is 0 Å². The monoisotopic (exact) mass is 501 g/mol. The minimum atomic E-state index is 0.669. The summed E-state index contributed by atoms with van der Waals surface area (Å²) >= 11 is 0. The third kappa shape index (κ3) is 7.21. The molecule has 2 aromatic rings. The molecule has 1 unspecified atom stereocenters. The van der Waals surface area contributed by atoms with Crippen LogP contribution in [0.2, 0.25) is 0 Å². The molecule has 0 radical (unpaired) electrons. The first-order chi connectivity index (χ1) is 18.1. The molecule has 0 aromatic heterocycles. The summed E-state index contributed by atoms with van der Waals surface area (Å²) in [5.74, 6) is 2.52. The van der Waals surface area contributed by atoms with E-state index in [4.69, 9.17) is 0 Å². The van der Waals surface area contributed by atoms with E-state index >= 15 is 0 Å². The van der Waals surface area contributed by atoms with Gasteiger partial charge in [-0.2, -0.15) is 0 Å². The van der Waals surface area contributed by atoms with Gasteiger partial charge in [0.05, 0.1) is 0 Å². The van der Waals surface area contributed by atoms with Crippen LogP contribution in [0.5, 0.6) is 0 Å². The molecule has 204 valence electrons. The Hall–Kier alpha value is -1.76. The highest BCUT2D eigenvalue weighted by atomic mass is 14.9. The lowest BCUT2D eigenvalue weighted by atomic mass is 9.58. The molecule has 0 spiro atoms.